The Labute approximate surface area is 342 Å². The smallest absolute Gasteiger partial charge is 0.137 e. The predicted molar refractivity (Wildman–Crippen MR) is 249 cm³/mol. The molecular weight excluding hydrogens is 717 g/mol. The van der Waals surface area contributed by atoms with Gasteiger partial charge in [-0.25, -0.2) is 0 Å². The Bertz CT molecular complexity index is 3600. The predicted octanol–water partition coefficient (Wildman–Crippen LogP) is 15.6. The van der Waals surface area contributed by atoms with E-state index in [0.717, 1.165) is 34.0 Å². The van der Waals surface area contributed by atoms with Crippen LogP contribution in [0.3, 0.4) is 0 Å². The van der Waals surface area contributed by atoms with Crippen LogP contribution >= 0.6 is 0 Å². The number of fused-ring (bicyclic) bond motifs is 10. The summed E-state index contributed by atoms with van der Waals surface area (Å²) in [4.78, 5) is 0. The maximum atomic E-state index is 6.50. The molecule has 3 nitrogen and oxygen atoms in total. The van der Waals surface area contributed by atoms with Gasteiger partial charge in [-0.2, -0.15) is 0 Å². The summed E-state index contributed by atoms with van der Waals surface area (Å²) in [5.41, 5.74) is 15.0. The highest BCUT2D eigenvalue weighted by Gasteiger charge is 2.20. The van der Waals surface area contributed by atoms with Crippen LogP contribution in [0.2, 0.25) is 0 Å². The summed E-state index contributed by atoms with van der Waals surface area (Å²) in [7, 11) is 0. The highest BCUT2D eigenvalue weighted by atomic mass is 16.3. The minimum absolute atomic E-state index is 0.887. The molecule has 3 heterocycles. The molecule has 0 N–H and O–H groups in total. The van der Waals surface area contributed by atoms with Gasteiger partial charge >= 0.3 is 0 Å². The minimum Gasteiger partial charge on any atom is -0.456 e. The average molecular weight is 757 g/mol. The first-order chi connectivity index (χ1) is 29.2. The molecule has 59 heavy (non-hydrogen) atoms. The fourth-order valence-electron chi connectivity index (χ4n) is 9.61. The third-order valence-corrected chi connectivity index (χ3v) is 12.5. The van der Waals surface area contributed by atoms with E-state index in [0.29, 0.717) is 0 Å². The van der Waals surface area contributed by atoms with Gasteiger partial charge in [-0.05, 0) is 124 Å². The Morgan fingerprint density at radius 2 is 1.03 bits per heavy atom. The summed E-state index contributed by atoms with van der Waals surface area (Å²) >= 11 is 0. The summed E-state index contributed by atoms with van der Waals surface area (Å²) in [6, 6.07) is 69.0. The second-order valence-corrected chi connectivity index (χ2v) is 16.0. The number of hydrogen-bond donors (Lipinski definition) is 0. The van der Waals surface area contributed by atoms with Crippen LogP contribution in [0.1, 0.15) is 25.3 Å². The lowest BCUT2D eigenvalue weighted by atomic mass is 10.0. The lowest BCUT2D eigenvalue weighted by Gasteiger charge is -2.11. The van der Waals surface area contributed by atoms with Crippen molar-refractivity contribution in [2.45, 2.75) is 26.2 Å². The Hall–Kier alpha value is -7.36. The number of aryl methyl sites for hydroxylation is 1. The van der Waals surface area contributed by atoms with E-state index < -0.39 is 0 Å². The summed E-state index contributed by atoms with van der Waals surface area (Å²) in [5, 5.41) is 9.78. The summed E-state index contributed by atoms with van der Waals surface area (Å²) in [6.07, 6.45) is 3.54. The second-order valence-electron chi connectivity index (χ2n) is 16.0. The first-order valence-electron chi connectivity index (χ1n) is 20.8. The zero-order valence-electron chi connectivity index (χ0n) is 32.8. The monoisotopic (exact) mass is 756 g/mol. The van der Waals surface area contributed by atoms with E-state index in [1.54, 1.807) is 0 Å². The molecule has 0 unspecified atom stereocenters. The van der Waals surface area contributed by atoms with Gasteiger partial charge in [0.2, 0.25) is 0 Å². The highest BCUT2D eigenvalue weighted by Crippen LogP contribution is 2.42. The fourth-order valence-corrected chi connectivity index (χ4v) is 9.61. The molecule has 0 fully saturated rings. The summed E-state index contributed by atoms with van der Waals surface area (Å²) in [5.74, 6) is 0. The third-order valence-electron chi connectivity index (χ3n) is 12.5. The largest absolute Gasteiger partial charge is 0.456 e. The number of rotatable bonds is 7. The molecule has 0 aliphatic heterocycles. The molecule has 0 aliphatic rings. The van der Waals surface area contributed by atoms with Gasteiger partial charge in [-0.3, -0.25) is 0 Å². The molecule has 9 aromatic carbocycles. The van der Waals surface area contributed by atoms with Crippen LogP contribution in [0, 0.1) is 0 Å². The van der Waals surface area contributed by atoms with Crippen molar-refractivity contribution >= 4 is 76.3 Å². The molecule has 12 aromatic rings. The number of unbranched alkanes of at least 4 members (excludes halogenated alkanes) is 1. The number of aromatic nitrogens is 2. The van der Waals surface area contributed by atoms with Gasteiger partial charge < -0.3 is 13.6 Å². The van der Waals surface area contributed by atoms with E-state index in [1.807, 2.05) is 0 Å². The topological polar surface area (TPSA) is 23.0 Å². The molecule has 0 bridgehead atoms. The zero-order chi connectivity index (χ0) is 39.0. The van der Waals surface area contributed by atoms with Crippen molar-refractivity contribution < 1.29 is 4.42 Å². The van der Waals surface area contributed by atoms with Gasteiger partial charge in [0.1, 0.15) is 11.2 Å². The van der Waals surface area contributed by atoms with E-state index in [-0.39, 0.29) is 0 Å². The molecule has 0 spiro atoms. The number of hydrogen-bond acceptors (Lipinski definition) is 1. The van der Waals surface area contributed by atoms with Crippen molar-refractivity contribution in [3.05, 3.63) is 194 Å². The Morgan fingerprint density at radius 1 is 0.407 bits per heavy atom. The van der Waals surface area contributed by atoms with E-state index >= 15 is 0 Å². The van der Waals surface area contributed by atoms with Crippen molar-refractivity contribution in [2.24, 2.45) is 0 Å². The minimum atomic E-state index is 0.887. The normalized spacial score (nSPS) is 12.0. The second kappa shape index (κ2) is 13.4. The van der Waals surface area contributed by atoms with Crippen LogP contribution < -0.4 is 0 Å². The Kier molecular flexibility index (Phi) is 7.64. The van der Waals surface area contributed by atoms with Gasteiger partial charge in [-0.15, -0.1) is 0 Å². The first kappa shape index (κ1) is 33.7. The summed E-state index contributed by atoms with van der Waals surface area (Å²) < 4.78 is 11.4. The van der Waals surface area contributed by atoms with E-state index in [9.17, 15) is 0 Å². The molecule has 0 amide bonds. The quantitative estimate of drug-likeness (QED) is 0.159. The average Bonchev–Trinajstić information content (AvgIpc) is 3.95. The van der Waals surface area contributed by atoms with Crippen molar-refractivity contribution in [3.63, 3.8) is 0 Å². The Morgan fingerprint density at radius 3 is 1.80 bits per heavy atom. The van der Waals surface area contributed by atoms with Crippen LogP contribution in [0.15, 0.2) is 192 Å². The third kappa shape index (κ3) is 5.35. The van der Waals surface area contributed by atoms with Gasteiger partial charge in [-0.1, -0.05) is 129 Å². The maximum Gasteiger partial charge on any atom is 0.137 e. The molecular formula is C56H40N2O. The van der Waals surface area contributed by atoms with Crippen LogP contribution in [0.4, 0.5) is 0 Å². The zero-order valence-corrected chi connectivity index (χ0v) is 32.8. The van der Waals surface area contributed by atoms with Gasteiger partial charge in [0.05, 0.1) is 33.1 Å². The van der Waals surface area contributed by atoms with Gasteiger partial charge in [0.25, 0.3) is 0 Å². The number of para-hydroxylation sites is 2. The molecule has 0 saturated heterocycles. The lowest BCUT2D eigenvalue weighted by molar-refractivity contribution is 0.669. The molecule has 280 valence electrons. The number of nitrogens with zero attached hydrogens (tertiary/aromatic N) is 2. The summed E-state index contributed by atoms with van der Waals surface area (Å²) in [6.45, 7) is 2.26. The molecule has 0 aliphatic carbocycles. The molecule has 3 aromatic heterocycles. The lowest BCUT2D eigenvalue weighted by Crippen LogP contribution is -1.95. The molecule has 0 radical (unpaired) electrons. The molecule has 12 rings (SSSR count). The molecule has 0 atom stereocenters. The van der Waals surface area contributed by atoms with Crippen molar-refractivity contribution in [3.8, 4) is 33.6 Å². The van der Waals surface area contributed by atoms with E-state index in [4.69, 9.17) is 4.42 Å². The SMILES string of the molecule is CCCCc1ccc2ccc(-n3c4ccccc4c4cc(-c5ccc6c(c5)c5ccccc5n6-c5cccc6oc7ccc(-c8ccccc8)cc7c56)ccc43)cc2c1. The number of furan rings is 1. The van der Waals surface area contributed by atoms with Crippen LogP contribution in [-0.4, -0.2) is 9.13 Å². The molecule has 3 heteroatoms. The van der Waals surface area contributed by atoms with E-state index in [2.05, 4.69) is 204 Å². The van der Waals surface area contributed by atoms with Gasteiger partial charge in [0.15, 0.2) is 0 Å². The standard InChI is InChI=1S/C56H40N2O/c1-2-3-12-36-21-22-38-23-27-43(32-42(38)31-36)57-49-17-9-7-15-44(49)46-33-40(24-28-51(46)57)41-25-29-52-47(34-41)45-16-8-10-18-50(45)58(52)53-19-11-20-55-56(53)48-35-39(26-30-54(48)59-55)37-13-5-4-6-14-37/h4-11,13-35H,2-3,12H2,1H3. The van der Waals surface area contributed by atoms with Crippen molar-refractivity contribution in [2.75, 3.05) is 0 Å². The van der Waals surface area contributed by atoms with Crippen LogP contribution in [0.5, 0.6) is 0 Å². The first-order valence-corrected chi connectivity index (χ1v) is 20.8. The Balaban J connectivity index is 1.01. The maximum absolute atomic E-state index is 6.50. The highest BCUT2D eigenvalue weighted by molar-refractivity contribution is 6.16. The number of benzene rings is 9. The van der Waals surface area contributed by atoms with E-state index in [1.165, 1.54) is 101 Å². The van der Waals surface area contributed by atoms with Crippen LogP contribution in [-0.2, 0) is 6.42 Å². The molecule has 0 saturated carbocycles. The van der Waals surface area contributed by atoms with Crippen molar-refractivity contribution in [1.82, 2.24) is 9.13 Å². The van der Waals surface area contributed by atoms with Gasteiger partial charge in [0, 0.05) is 32.6 Å². The van der Waals surface area contributed by atoms with Crippen LogP contribution in [0.25, 0.3) is 110 Å². The fraction of sp³-hybridized carbons (Fsp3) is 0.0714. The van der Waals surface area contributed by atoms with Crippen molar-refractivity contribution in [1.29, 1.82) is 0 Å².